The smallest absolute Gasteiger partial charge is 0.215 e. The Kier molecular flexibility index (Phi) is 6.93. The number of hydrogen-bond acceptors (Lipinski definition) is 3. The molecule has 0 unspecified atom stereocenters. The Bertz CT molecular complexity index is 1040. The van der Waals surface area contributed by atoms with Crippen LogP contribution in [0.1, 0.15) is 0 Å². The molecule has 0 N–H and O–H groups in total. The summed E-state index contributed by atoms with van der Waals surface area (Å²) in [4.78, 5) is 7.43. The van der Waals surface area contributed by atoms with Gasteiger partial charge in [0.1, 0.15) is 0 Å². The van der Waals surface area contributed by atoms with Crippen molar-refractivity contribution in [1.82, 2.24) is 18.9 Å². The van der Waals surface area contributed by atoms with Gasteiger partial charge in [-0.2, -0.15) is 0 Å². The number of fused-ring (bicyclic) bond motifs is 3. The predicted octanol–water partition coefficient (Wildman–Crippen LogP) is 4.44. The molecule has 148 valence electrons. The number of rotatable bonds is 4. The van der Waals surface area contributed by atoms with Gasteiger partial charge in [0.2, 0.25) is 5.78 Å². The molecular weight excluding hydrogens is 484 g/mol. The summed E-state index contributed by atoms with van der Waals surface area (Å²) in [6.45, 7) is 5.65. The summed E-state index contributed by atoms with van der Waals surface area (Å²) in [6, 6.07) is 18.9. The number of ether oxygens (including phenoxy) is 1. The molecule has 0 radical (unpaired) electrons. The van der Waals surface area contributed by atoms with Crippen molar-refractivity contribution in [3.8, 4) is 11.3 Å². The maximum absolute atomic E-state index is 5.46. The number of aromatic nitrogens is 3. The van der Waals surface area contributed by atoms with Crippen LogP contribution in [0.5, 0.6) is 0 Å². The molecule has 1 fully saturated rings. The van der Waals surface area contributed by atoms with Gasteiger partial charge in [0.25, 0.3) is 0 Å². The van der Waals surface area contributed by atoms with Crippen molar-refractivity contribution in [2.45, 2.75) is 6.54 Å². The molecule has 1 aliphatic rings. The SMILES string of the molecule is Br.Br.c1ccc(-c2cn3c4ccccc4n(CCN4CCOCC4)c3n2)cc1. The van der Waals surface area contributed by atoms with Crippen molar-refractivity contribution in [2.75, 3.05) is 32.8 Å². The van der Waals surface area contributed by atoms with Gasteiger partial charge >= 0.3 is 0 Å². The number of imidazole rings is 2. The van der Waals surface area contributed by atoms with E-state index in [1.54, 1.807) is 0 Å². The van der Waals surface area contributed by atoms with E-state index < -0.39 is 0 Å². The summed E-state index contributed by atoms with van der Waals surface area (Å²) in [5.41, 5.74) is 4.62. The molecule has 28 heavy (non-hydrogen) atoms. The molecule has 0 aliphatic carbocycles. The zero-order valence-electron chi connectivity index (χ0n) is 15.5. The highest BCUT2D eigenvalue weighted by Gasteiger charge is 2.16. The lowest BCUT2D eigenvalue weighted by Gasteiger charge is -2.26. The van der Waals surface area contributed by atoms with Crippen LogP contribution >= 0.6 is 34.0 Å². The average Bonchev–Trinajstić information content (AvgIpc) is 3.26. The van der Waals surface area contributed by atoms with Crippen LogP contribution in [0.4, 0.5) is 0 Å². The molecule has 4 aromatic rings. The number of nitrogens with zero attached hydrogens (tertiary/aromatic N) is 4. The van der Waals surface area contributed by atoms with Crippen molar-refractivity contribution in [3.63, 3.8) is 0 Å². The largest absolute Gasteiger partial charge is 0.379 e. The normalized spacial score (nSPS) is 14.7. The van der Waals surface area contributed by atoms with Crippen molar-refractivity contribution < 1.29 is 4.74 Å². The minimum Gasteiger partial charge on any atom is -0.379 e. The van der Waals surface area contributed by atoms with E-state index in [9.17, 15) is 0 Å². The van der Waals surface area contributed by atoms with Crippen LogP contribution in [0, 0.1) is 0 Å². The lowest BCUT2D eigenvalue weighted by Crippen LogP contribution is -2.38. The third kappa shape index (κ3) is 3.89. The fourth-order valence-electron chi connectivity index (χ4n) is 3.78. The van der Waals surface area contributed by atoms with Gasteiger partial charge in [-0.15, -0.1) is 34.0 Å². The Hall–Kier alpha value is -1.67. The summed E-state index contributed by atoms with van der Waals surface area (Å²) in [5, 5.41) is 0. The third-order valence-corrected chi connectivity index (χ3v) is 5.17. The minimum atomic E-state index is 0. The summed E-state index contributed by atoms with van der Waals surface area (Å²) >= 11 is 0. The summed E-state index contributed by atoms with van der Waals surface area (Å²) in [6.07, 6.45) is 2.15. The monoisotopic (exact) mass is 506 g/mol. The van der Waals surface area contributed by atoms with Crippen LogP contribution < -0.4 is 0 Å². The van der Waals surface area contributed by atoms with E-state index in [0.717, 1.165) is 56.4 Å². The van der Waals surface area contributed by atoms with Gasteiger partial charge in [-0.3, -0.25) is 9.30 Å². The topological polar surface area (TPSA) is 34.7 Å². The van der Waals surface area contributed by atoms with Crippen LogP contribution in [-0.2, 0) is 11.3 Å². The van der Waals surface area contributed by atoms with Crippen molar-refractivity contribution in [1.29, 1.82) is 0 Å². The van der Waals surface area contributed by atoms with Crippen LogP contribution in [-0.4, -0.2) is 51.7 Å². The highest BCUT2D eigenvalue weighted by Crippen LogP contribution is 2.25. The molecule has 0 atom stereocenters. The van der Waals surface area contributed by atoms with E-state index >= 15 is 0 Å². The van der Waals surface area contributed by atoms with E-state index in [-0.39, 0.29) is 34.0 Å². The first kappa shape index (κ1) is 21.0. The van der Waals surface area contributed by atoms with E-state index in [1.807, 2.05) is 6.07 Å². The molecule has 1 saturated heterocycles. The van der Waals surface area contributed by atoms with E-state index in [0.29, 0.717) is 0 Å². The van der Waals surface area contributed by atoms with Crippen molar-refractivity contribution >= 4 is 50.8 Å². The molecule has 5 nitrogen and oxygen atoms in total. The second-order valence-corrected chi connectivity index (χ2v) is 6.76. The molecule has 3 heterocycles. The Balaban J connectivity index is 0.00000112. The van der Waals surface area contributed by atoms with Gasteiger partial charge in [-0.1, -0.05) is 42.5 Å². The van der Waals surface area contributed by atoms with Gasteiger partial charge in [-0.05, 0) is 12.1 Å². The molecule has 0 amide bonds. The van der Waals surface area contributed by atoms with Gasteiger partial charge in [-0.25, -0.2) is 4.98 Å². The number of benzene rings is 2. The summed E-state index contributed by atoms with van der Waals surface area (Å²) in [5.74, 6) is 1.01. The molecule has 2 aromatic carbocycles. The number of morpholine rings is 1. The van der Waals surface area contributed by atoms with Gasteiger partial charge < -0.3 is 9.30 Å². The number of hydrogen-bond donors (Lipinski definition) is 0. The zero-order chi connectivity index (χ0) is 17.3. The van der Waals surface area contributed by atoms with Crippen LogP contribution in [0.15, 0.2) is 60.8 Å². The van der Waals surface area contributed by atoms with E-state index in [4.69, 9.17) is 9.72 Å². The summed E-state index contributed by atoms with van der Waals surface area (Å²) in [7, 11) is 0. The maximum atomic E-state index is 5.46. The summed E-state index contributed by atoms with van der Waals surface area (Å²) < 4.78 is 10.0. The molecule has 0 spiro atoms. The second-order valence-electron chi connectivity index (χ2n) is 6.76. The van der Waals surface area contributed by atoms with Crippen molar-refractivity contribution in [2.24, 2.45) is 0 Å². The zero-order valence-corrected chi connectivity index (χ0v) is 19.0. The fourth-order valence-corrected chi connectivity index (χ4v) is 3.78. The molecule has 7 heteroatoms. The average molecular weight is 508 g/mol. The van der Waals surface area contributed by atoms with Gasteiger partial charge in [0.15, 0.2) is 0 Å². The Morgan fingerprint density at radius 1 is 0.821 bits per heavy atom. The highest BCUT2D eigenvalue weighted by molar-refractivity contribution is 8.93. The van der Waals surface area contributed by atoms with Gasteiger partial charge in [0.05, 0.1) is 29.9 Å². The van der Waals surface area contributed by atoms with Crippen molar-refractivity contribution in [3.05, 3.63) is 60.8 Å². The first-order chi connectivity index (χ1) is 12.9. The lowest BCUT2D eigenvalue weighted by atomic mass is 10.2. The van der Waals surface area contributed by atoms with Gasteiger partial charge in [0, 0.05) is 37.9 Å². The molecule has 1 aliphatic heterocycles. The quantitative estimate of drug-likeness (QED) is 0.409. The third-order valence-electron chi connectivity index (χ3n) is 5.17. The Morgan fingerprint density at radius 2 is 1.50 bits per heavy atom. The first-order valence-corrected chi connectivity index (χ1v) is 9.22. The molecule has 5 rings (SSSR count). The Labute approximate surface area is 185 Å². The van der Waals surface area contributed by atoms with E-state index in [1.165, 1.54) is 11.0 Å². The second kappa shape index (κ2) is 9.22. The van der Waals surface area contributed by atoms with Crippen LogP contribution in [0.2, 0.25) is 0 Å². The predicted molar refractivity (Wildman–Crippen MR) is 124 cm³/mol. The minimum absolute atomic E-state index is 0. The maximum Gasteiger partial charge on any atom is 0.215 e. The van der Waals surface area contributed by atoms with E-state index in [2.05, 4.69) is 68.6 Å². The number of para-hydroxylation sites is 2. The fraction of sp³-hybridized carbons (Fsp3) is 0.286. The highest BCUT2D eigenvalue weighted by atomic mass is 79.9. The first-order valence-electron chi connectivity index (χ1n) is 9.22. The molecule has 0 bridgehead atoms. The Morgan fingerprint density at radius 3 is 2.25 bits per heavy atom. The number of halogens is 2. The standard InChI is InChI=1S/C21H22N4O.2BrH/c1-2-6-17(7-3-1)18-16-25-20-9-5-4-8-19(20)24(21(25)22-18)11-10-23-12-14-26-15-13-23;;/h1-9,16H,10-15H2;2*1H. The molecule has 0 saturated carbocycles. The molecule has 2 aromatic heterocycles. The lowest BCUT2D eigenvalue weighted by molar-refractivity contribution is 0.0366. The molecular formula is C21H24Br2N4O. The van der Waals surface area contributed by atoms with Crippen LogP contribution in [0.25, 0.3) is 28.1 Å². The van der Waals surface area contributed by atoms with Crippen LogP contribution in [0.3, 0.4) is 0 Å².